The van der Waals surface area contributed by atoms with Crippen molar-refractivity contribution < 1.29 is 46.6 Å². The maximum atomic E-state index is 10.9. The molecule has 0 saturated carbocycles. The number of benzene rings is 1. The SMILES string of the molecule is O=S(=O)(O)O/N=C(\Cc1c[nH]c2ccccc12)SO[C@@H]1O[C@H](CO)[C@@H](O)[C@H](O)[C@H]1O. The monoisotopic (exact) mass is 464 g/mol. The molecule has 0 bridgehead atoms. The standard InChI is InChI=1S/C16H20N2O10S2/c19-7-11-13(20)14(21)15(22)16(26-11)27-29-12(18-28-30(23,24)25)5-8-6-17-10-4-2-1-3-9(8)10/h1-4,6,11,13-17,19-22H,5,7H2,(H,23,24,25)/b18-12+/t11-,13-,14+,15-,16+/m1/s1. The van der Waals surface area contributed by atoms with Gasteiger partial charge in [-0.05, 0) is 11.6 Å². The van der Waals surface area contributed by atoms with Crippen LogP contribution in [0.2, 0.25) is 0 Å². The van der Waals surface area contributed by atoms with Crippen LogP contribution in [-0.4, -0.2) is 80.7 Å². The van der Waals surface area contributed by atoms with Crippen molar-refractivity contribution in [2.45, 2.75) is 37.1 Å². The van der Waals surface area contributed by atoms with Gasteiger partial charge in [0, 0.05) is 23.5 Å². The Kier molecular flexibility index (Phi) is 7.33. The van der Waals surface area contributed by atoms with Crippen molar-refractivity contribution in [1.29, 1.82) is 0 Å². The molecule has 14 heteroatoms. The molecule has 0 spiro atoms. The molecule has 0 aliphatic carbocycles. The molecule has 2 heterocycles. The molecule has 0 unspecified atom stereocenters. The molecule has 0 amide bonds. The first-order chi connectivity index (χ1) is 14.2. The van der Waals surface area contributed by atoms with E-state index < -0.39 is 47.7 Å². The van der Waals surface area contributed by atoms with Crippen molar-refractivity contribution in [2.75, 3.05) is 6.61 Å². The van der Waals surface area contributed by atoms with Crippen molar-refractivity contribution >= 4 is 38.4 Å². The quantitative estimate of drug-likeness (QED) is 0.0999. The predicted octanol–water partition coefficient (Wildman–Crippen LogP) is -0.692. The van der Waals surface area contributed by atoms with E-state index in [0.717, 1.165) is 10.9 Å². The first-order valence-corrected chi connectivity index (χ1v) is 10.7. The molecular formula is C16H20N2O10S2. The fourth-order valence-corrected chi connectivity index (χ4v) is 3.73. The summed E-state index contributed by atoms with van der Waals surface area (Å²) in [5.74, 6) is 0. The average Bonchev–Trinajstić information content (AvgIpc) is 3.11. The molecule has 6 N–H and O–H groups in total. The second kappa shape index (κ2) is 9.59. The Labute approximate surface area is 175 Å². The number of hydrogen-bond donors (Lipinski definition) is 6. The van der Waals surface area contributed by atoms with Gasteiger partial charge < -0.3 is 30.1 Å². The van der Waals surface area contributed by atoms with Gasteiger partial charge >= 0.3 is 10.4 Å². The van der Waals surface area contributed by atoms with Crippen LogP contribution < -0.4 is 0 Å². The molecule has 2 aromatic rings. The molecule has 1 aliphatic heterocycles. The molecule has 1 aromatic heterocycles. The van der Waals surface area contributed by atoms with Crippen molar-refractivity contribution in [1.82, 2.24) is 4.98 Å². The van der Waals surface area contributed by atoms with Gasteiger partial charge in [0.2, 0.25) is 0 Å². The van der Waals surface area contributed by atoms with Gasteiger partial charge in [-0.1, -0.05) is 23.4 Å². The number of ether oxygens (including phenoxy) is 1. The number of nitrogens with zero attached hydrogens (tertiary/aromatic N) is 1. The van der Waals surface area contributed by atoms with Gasteiger partial charge in [-0.2, -0.15) is 8.42 Å². The zero-order chi connectivity index (χ0) is 21.9. The Balaban J connectivity index is 1.76. The maximum absolute atomic E-state index is 10.9. The van der Waals surface area contributed by atoms with E-state index in [4.69, 9.17) is 13.5 Å². The smallest absolute Gasteiger partial charge is 0.394 e. The Morgan fingerprint density at radius 2 is 1.93 bits per heavy atom. The molecule has 1 fully saturated rings. The second-order valence-electron chi connectivity index (χ2n) is 6.40. The van der Waals surface area contributed by atoms with E-state index in [1.54, 1.807) is 6.20 Å². The number of H-pyrrole nitrogens is 1. The minimum absolute atomic E-state index is 0.0155. The number of para-hydroxylation sites is 1. The molecule has 12 nitrogen and oxygen atoms in total. The Morgan fingerprint density at radius 3 is 2.63 bits per heavy atom. The van der Waals surface area contributed by atoms with Gasteiger partial charge in [-0.3, -0.25) is 8.74 Å². The average molecular weight is 464 g/mol. The highest BCUT2D eigenvalue weighted by Gasteiger charge is 2.44. The van der Waals surface area contributed by atoms with Crippen molar-refractivity contribution in [3.05, 3.63) is 36.0 Å². The van der Waals surface area contributed by atoms with Crippen molar-refractivity contribution in [3.8, 4) is 0 Å². The van der Waals surface area contributed by atoms with Crippen LogP contribution in [0.3, 0.4) is 0 Å². The molecule has 3 rings (SSSR count). The number of oxime groups is 1. The fraction of sp³-hybridized carbons (Fsp3) is 0.438. The molecule has 1 saturated heterocycles. The third kappa shape index (κ3) is 5.48. The van der Waals surface area contributed by atoms with Crippen LogP contribution in [0.25, 0.3) is 10.9 Å². The molecule has 1 aliphatic rings. The molecule has 166 valence electrons. The summed E-state index contributed by atoms with van der Waals surface area (Å²) in [5, 5.41) is 43.0. The van der Waals surface area contributed by atoms with Crippen LogP contribution >= 0.6 is 12.0 Å². The third-order valence-corrected chi connectivity index (χ3v) is 5.30. The molecule has 30 heavy (non-hydrogen) atoms. The van der Waals surface area contributed by atoms with Crippen molar-refractivity contribution in [3.63, 3.8) is 0 Å². The highest BCUT2D eigenvalue weighted by atomic mass is 32.3. The summed E-state index contributed by atoms with van der Waals surface area (Å²) >= 11 is 0.471. The summed E-state index contributed by atoms with van der Waals surface area (Å²) in [6.45, 7) is -0.641. The third-order valence-electron chi connectivity index (χ3n) is 4.34. The Hall–Kier alpha value is -1.75. The summed E-state index contributed by atoms with van der Waals surface area (Å²) in [5.41, 5.74) is 1.52. The van der Waals surface area contributed by atoms with Gasteiger partial charge in [0.15, 0.2) is 6.29 Å². The lowest BCUT2D eigenvalue weighted by molar-refractivity contribution is -0.274. The maximum Gasteiger partial charge on any atom is 0.466 e. The topological polar surface area (TPSA) is 191 Å². The van der Waals surface area contributed by atoms with E-state index >= 15 is 0 Å². The molecule has 1 aromatic carbocycles. The van der Waals surface area contributed by atoms with Crippen LogP contribution in [0.5, 0.6) is 0 Å². The molecular weight excluding hydrogens is 444 g/mol. The number of hydrogen-bond acceptors (Lipinski definition) is 11. The number of fused-ring (bicyclic) bond motifs is 1. The van der Waals surface area contributed by atoms with Gasteiger partial charge in [-0.15, -0.1) is 0 Å². The summed E-state index contributed by atoms with van der Waals surface area (Å²) in [6, 6.07) is 7.30. The summed E-state index contributed by atoms with van der Waals surface area (Å²) in [7, 11) is -4.87. The second-order valence-corrected chi connectivity index (χ2v) is 8.24. The highest BCUT2D eigenvalue weighted by Crippen LogP contribution is 2.27. The number of aromatic amines is 1. The fourth-order valence-electron chi connectivity index (χ4n) is 2.86. The van der Waals surface area contributed by atoms with Crippen LogP contribution in [-0.2, 0) is 30.0 Å². The number of aliphatic hydroxyl groups excluding tert-OH is 4. The molecule has 0 radical (unpaired) electrons. The van der Waals surface area contributed by atoms with Crippen LogP contribution in [0.1, 0.15) is 5.56 Å². The zero-order valence-electron chi connectivity index (χ0n) is 15.2. The summed E-state index contributed by atoms with van der Waals surface area (Å²) in [6.07, 6.45) is -5.85. The number of rotatable bonds is 7. The lowest BCUT2D eigenvalue weighted by atomic mass is 10.00. The van der Waals surface area contributed by atoms with E-state index in [1.807, 2.05) is 24.3 Å². The normalized spacial score (nSPS) is 28.0. The van der Waals surface area contributed by atoms with Crippen LogP contribution in [0, 0.1) is 0 Å². The van der Waals surface area contributed by atoms with E-state index in [2.05, 4.69) is 14.4 Å². The lowest BCUT2D eigenvalue weighted by Crippen LogP contribution is -2.58. The largest absolute Gasteiger partial charge is 0.466 e. The van der Waals surface area contributed by atoms with E-state index in [0.29, 0.717) is 17.6 Å². The predicted molar refractivity (Wildman–Crippen MR) is 105 cm³/mol. The first kappa shape index (κ1) is 22.9. The first-order valence-electron chi connectivity index (χ1n) is 8.61. The number of aromatic nitrogens is 1. The van der Waals surface area contributed by atoms with Crippen LogP contribution in [0.15, 0.2) is 35.6 Å². The Morgan fingerprint density at radius 1 is 1.20 bits per heavy atom. The Bertz CT molecular complexity index is 993. The lowest BCUT2D eigenvalue weighted by Gasteiger charge is -2.39. The van der Waals surface area contributed by atoms with Gasteiger partial charge in [0.1, 0.15) is 29.5 Å². The van der Waals surface area contributed by atoms with Crippen molar-refractivity contribution in [2.24, 2.45) is 5.16 Å². The van der Waals surface area contributed by atoms with Gasteiger partial charge in [0.05, 0.1) is 18.6 Å². The van der Waals surface area contributed by atoms with E-state index in [1.165, 1.54) is 0 Å². The van der Waals surface area contributed by atoms with E-state index in [-0.39, 0.29) is 11.5 Å². The minimum atomic E-state index is -4.87. The summed E-state index contributed by atoms with van der Waals surface area (Å²) < 4.78 is 45.1. The minimum Gasteiger partial charge on any atom is -0.394 e. The van der Waals surface area contributed by atoms with Gasteiger partial charge in [0.25, 0.3) is 0 Å². The van der Waals surface area contributed by atoms with Crippen LogP contribution in [0.4, 0.5) is 0 Å². The van der Waals surface area contributed by atoms with E-state index in [9.17, 15) is 28.8 Å². The highest BCUT2D eigenvalue weighted by molar-refractivity contribution is 8.09. The molecule has 5 atom stereocenters. The zero-order valence-corrected chi connectivity index (χ0v) is 16.9. The summed E-state index contributed by atoms with van der Waals surface area (Å²) in [4.78, 5) is 3.04. The number of nitrogens with one attached hydrogen (secondary N) is 1. The number of aliphatic hydroxyl groups is 4. The van der Waals surface area contributed by atoms with Gasteiger partial charge in [-0.25, -0.2) is 4.28 Å².